The molecule has 0 aliphatic carbocycles. The number of ether oxygens (including phenoxy) is 2. The van der Waals surface area contributed by atoms with E-state index in [1.165, 1.54) is 0 Å². The van der Waals surface area contributed by atoms with E-state index in [0.29, 0.717) is 46.1 Å². The third-order valence-corrected chi connectivity index (χ3v) is 2.28. The van der Waals surface area contributed by atoms with Gasteiger partial charge in [-0.3, -0.25) is 10.1 Å². The van der Waals surface area contributed by atoms with E-state index in [0.717, 1.165) is 0 Å². The zero-order chi connectivity index (χ0) is 13.6. The Morgan fingerprint density at radius 2 is 1.78 bits per heavy atom. The predicted molar refractivity (Wildman–Crippen MR) is 71.3 cm³/mol. The highest BCUT2D eigenvalue weighted by molar-refractivity contribution is 5.78. The fourth-order valence-electron chi connectivity index (χ4n) is 1.35. The Kier molecular flexibility index (Phi) is 11.6. The second-order valence-corrected chi connectivity index (χ2v) is 3.58. The molecule has 1 N–H and O–H groups in total. The van der Waals surface area contributed by atoms with Crippen LogP contribution in [-0.4, -0.2) is 63.4 Å². The van der Waals surface area contributed by atoms with Crippen molar-refractivity contribution in [3.63, 3.8) is 0 Å². The molecule has 5 nitrogen and oxygen atoms in total. The maximum atomic E-state index is 11.9. The van der Waals surface area contributed by atoms with Crippen molar-refractivity contribution in [1.29, 1.82) is 0 Å². The van der Waals surface area contributed by atoms with E-state index in [1.807, 2.05) is 13.8 Å². The number of hydrogen-bond acceptors (Lipinski definition) is 4. The zero-order valence-electron chi connectivity index (χ0n) is 11.4. The largest absolute Gasteiger partial charge is 0.380 e. The number of rotatable bonds is 11. The quantitative estimate of drug-likeness (QED) is 0.421. The third-order valence-electron chi connectivity index (χ3n) is 2.28. The lowest BCUT2D eigenvalue weighted by atomic mass is 10.4. The van der Waals surface area contributed by atoms with Gasteiger partial charge in [-0.25, -0.2) is 0 Å². The standard InChI is InChI=1S/C13H24N2O3/c1-4-7-14-12-13(16)15(8-10-17-5-2)9-11-18-6-3/h1,14H,5-12H2,2-3H3. The summed E-state index contributed by atoms with van der Waals surface area (Å²) in [7, 11) is 0. The zero-order valence-corrected chi connectivity index (χ0v) is 11.4. The van der Waals surface area contributed by atoms with Crippen LogP contribution in [-0.2, 0) is 14.3 Å². The van der Waals surface area contributed by atoms with Crippen LogP contribution in [0, 0.1) is 12.3 Å². The summed E-state index contributed by atoms with van der Waals surface area (Å²) in [4.78, 5) is 13.6. The van der Waals surface area contributed by atoms with E-state index in [4.69, 9.17) is 15.9 Å². The van der Waals surface area contributed by atoms with Gasteiger partial charge in [0.25, 0.3) is 0 Å². The molecule has 0 saturated heterocycles. The Bertz CT molecular complexity index is 241. The molecule has 104 valence electrons. The second-order valence-electron chi connectivity index (χ2n) is 3.58. The number of hydrogen-bond donors (Lipinski definition) is 1. The van der Waals surface area contributed by atoms with Gasteiger partial charge >= 0.3 is 0 Å². The van der Waals surface area contributed by atoms with E-state index < -0.39 is 0 Å². The first-order chi connectivity index (χ1) is 8.76. The molecule has 0 aliphatic rings. The summed E-state index contributed by atoms with van der Waals surface area (Å²) in [5.41, 5.74) is 0. The third kappa shape index (κ3) is 8.99. The number of nitrogens with zero attached hydrogens (tertiary/aromatic N) is 1. The summed E-state index contributed by atoms with van der Waals surface area (Å²) in [6.45, 7) is 8.08. The number of amides is 1. The Morgan fingerprint density at radius 1 is 1.22 bits per heavy atom. The van der Waals surface area contributed by atoms with Crippen LogP contribution in [0.3, 0.4) is 0 Å². The first-order valence-electron chi connectivity index (χ1n) is 6.33. The summed E-state index contributed by atoms with van der Waals surface area (Å²) in [5, 5.41) is 2.89. The Hall–Kier alpha value is -1.09. The van der Waals surface area contributed by atoms with Crippen LogP contribution < -0.4 is 5.32 Å². The molecule has 0 radical (unpaired) electrons. The Labute approximate surface area is 110 Å². The monoisotopic (exact) mass is 256 g/mol. The molecule has 0 bridgehead atoms. The first kappa shape index (κ1) is 16.9. The average molecular weight is 256 g/mol. The molecule has 0 saturated carbocycles. The van der Waals surface area contributed by atoms with Gasteiger partial charge in [0.1, 0.15) is 0 Å². The van der Waals surface area contributed by atoms with Crippen LogP contribution in [0.1, 0.15) is 13.8 Å². The minimum absolute atomic E-state index is 0.0182. The Morgan fingerprint density at radius 3 is 2.22 bits per heavy atom. The van der Waals surface area contributed by atoms with Gasteiger partial charge in [-0.15, -0.1) is 6.42 Å². The second kappa shape index (κ2) is 12.4. The summed E-state index contributed by atoms with van der Waals surface area (Å²) >= 11 is 0. The van der Waals surface area contributed by atoms with Crippen LogP contribution >= 0.6 is 0 Å². The molecule has 0 aromatic heterocycles. The smallest absolute Gasteiger partial charge is 0.236 e. The normalized spacial score (nSPS) is 10.1. The van der Waals surface area contributed by atoms with E-state index in [9.17, 15) is 4.79 Å². The SMILES string of the molecule is C#CCNCC(=O)N(CCOCC)CCOCC. The number of carbonyl (C=O) groups excluding carboxylic acids is 1. The lowest BCUT2D eigenvalue weighted by Gasteiger charge is -2.22. The lowest BCUT2D eigenvalue weighted by molar-refractivity contribution is -0.131. The van der Waals surface area contributed by atoms with E-state index >= 15 is 0 Å². The van der Waals surface area contributed by atoms with E-state index in [-0.39, 0.29) is 12.5 Å². The molecule has 18 heavy (non-hydrogen) atoms. The van der Waals surface area contributed by atoms with Gasteiger partial charge in [0.05, 0.1) is 26.3 Å². The van der Waals surface area contributed by atoms with Crippen molar-refractivity contribution in [2.45, 2.75) is 13.8 Å². The summed E-state index contributed by atoms with van der Waals surface area (Å²) < 4.78 is 10.5. The highest BCUT2D eigenvalue weighted by Gasteiger charge is 2.12. The predicted octanol–water partition coefficient (Wildman–Crippen LogP) is 0.111. The molecule has 0 heterocycles. The highest BCUT2D eigenvalue weighted by atomic mass is 16.5. The number of carbonyl (C=O) groups is 1. The van der Waals surface area contributed by atoms with Gasteiger partial charge in [0.2, 0.25) is 5.91 Å². The van der Waals surface area contributed by atoms with Crippen LogP contribution in [0.15, 0.2) is 0 Å². The van der Waals surface area contributed by atoms with Crippen molar-refractivity contribution in [2.24, 2.45) is 0 Å². The van der Waals surface area contributed by atoms with Crippen LogP contribution in [0.5, 0.6) is 0 Å². The summed E-state index contributed by atoms with van der Waals surface area (Å²) in [5.74, 6) is 2.45. The summed E-state index contributed by atoms with van der Waals surface area (Å²) in [6.07, 6.45) is 5.11. The molecule has 0 spiro atoms. The maximum absolute atomic E-state index is 11.9. The fraction of sp³-hybridized carbons (Fsp3) is 0.769. The molecular weight excluding hydrogens is 232 g/mol. The molecule has 0 atom stereocenters. The molecule has 0 rings (SSSR count). The highest BCUT2D eigenvalue weighted by Crippen LogP contribution is 1.91. The van der Waals surface area contributed by atoms with Gasteiger partial charge in [-0.05, 0) is 13.8 Å². The molecule has 5 heteroatoms. The minimum atomic E-state index is 0.0182. The molecule has 0 aliphatic heterocycles. The molecule has 1 amide bonds. The minimum Gasteiger partial charge on any atom is -0.380 e. The first-order valence-corrected chi connectivity index (χ1v) is 6.33. The van der Waals surface area contributed by atoms with Gasteiger partial charge < -0.3 is 14.4 Å². The maximum Gasteiger partial charge on any atom is 0.236 e. The van der Waals surface area contributed by atoms with Gasteiger partial charge in [0.15, 0.2) is 0 Å². The van der Waals surface area contributed by atoms with Crippen molar-refractivity contribution < 1.29 is 14.3 Å². The Balaban J connectivity index is 3.99. The van der Waals surface area contributed by atoms with Crippen molar-refractivity contribution in [2.75, 3.05) is 52.6 Å². The van der Waals surface area contributed by atoms with Crippen molar-refractivity contribution in [3.8, 4) is 12.3 Å². The molecular formula is C13H24N2O3. The van der Waals surface area contributed by atoms with Crippen molar-refractivity contribution >= 4 is 5.91 Å². The topological polar surface area (TPSA) is 50.8 Å². The summed E-state index contributed by atoms with van der Waals surface area (Å²) in [6, 6.07) is 0. The van der Waals surface area contributed by atoms with E-state index in [1.54, 1.807) is 4.90 Å². The number of nitrogens with one attached hydrogen (secondary N) is 1. The van der Waals surface area contributed by atoms with Crippen molar-refractivity contribution in [3.05, 3.63) is 0 Å². The van der Waals surface area contributed by atoms with Gasteiger partial charge in [0, 0.05) is 26.3 Å². The average Bonchev–Trinajstić information content (AvgIpc) is 2.37. The van der Waals surface area contributed by atoms with Crippen molar-refractivity contribution in [1.82, 2.24) is 10.2 Å². The van der Waals surface area contributed by atoms with E-state index in [2.05, 4.69) is 11.2 Å². The van der Waals surface area contributed by atoms with Crippen LogP contribution in [0.25, 0.3) is 0 Å². The molecule has 0 aromatic carbocycles. The van der Waals surface area contributed by atoms with Gasteiger partial charge in [-0.2, -0.15) is 0 Å². The number of terminal acetylenes is 1. The molecule has 0 aromatic rings. The van der Waals surface area contributed by atoms with Crippen LogP contribution in [0.4, 0.5) is 0 Å². The van der Waals surface area contributed by atoms with Gasteiger partial charge in [-0.1, -0.05) is 5.92 Å². The molecule has 0 unspecified atom stereocenters. The lowest BCUT2D eigenvalue weighted by Crippen LogP contribution is -2.42. The fourth-order valence-corrected chi connectivity index (χ4v) is 1.35. The van der Waals surface area contributed by atoms with Crippen LogP contribution in [0.2, 0.25) is 0 Å². The molecule has 0 fully saturated rings.